The number of rotatable bonds is 4. The van der Waals surface area contributed by atoms with E-state index >= 15 is 0 Å². The Morgan fingerprint density at radius 1 is 1.33 bits per heavy atom. The lowest BCUT2D eigenvalue weighted by atomic mass is 10.1. The number of nitrogens with zero attached hydrogens (tertiary/aromatic N) is 1. The van der Waals surface area contributed by atoms with Crippen LogP contribution in [0.5, 0.6) is 0 Å². The van der Waals surface area contributed by atoms with Gasteiger partial charge in [-0.05, 0) is 25.2 Å². The van der Waals surface area contributed by atoms with Crippen molar-refractivity contribution in [1.29, 1.82) is 0 Å². The van der Waals surface area contributed by atoms with Crippen molar-refractivity contribution >= 4 is 0 Å². The highest BCUT2D eigenvalue weighted by molar-refractivity contribution is 5.35. The van der Waals surface area contributed by atoms with Crippen LogP contribution < -0.4 is 0 Å². The van der Waals surface area contributed by atoms with Crippen LogP contribution in [0, 0.1) is 18.2 Å². The maximum absolute atomic E-state index is 13.5. The highest BCUT2D eigenvalue weighted by Gasteiger charge is 2.06. The van der Waals surface area contributed by atoms with E-state index in [0.717, 1.165) is 13.1 Å². The summed E-state index contributed by atoms with van der Waals surface area (Å²) in [7, 11) is 0. The first kappa shape index (κ1) is 11.7. The van der Waals surface area contributed by atoms with Crippen molar-refractivity contribution < 1.29 is 4.39 Å². The van der Waals surface area contributed by atoms with Crippen LogP contribution in [0.1, 0.15) is 25.0 Å². The molecule has 2 heteroatoms. The Hall–Kier alpha value is -1.33. The molecule has 0 N–H and O–H groups in total. The first-order valence-corrected chi connectivity index (χ1v) is 5.18. The van der Waals surface area contributed by atoms with Gasteiger partial charge in [-0.2, -0.15) is 0 Å². The maximum Gasteiger partial charge on any atom is 0.128 e. The minimum absolute atomic E-state index is 0.211. The van der Waals surface area contributed by atoms with Gasteiger partial charge in [-0.1, -0.05) is 25.8 Å². The standard InChI is InChI=1S/C13H16FN/c1-4-11-7-8-12(13(14)9-11)10-15(5-2)6-3/h1,7-9H,5-6,10H2,2-3H3. The number of hydrogen-bond acceptors (Lipinski definition) is 1. The molecule has 0 aliphatic heterocycles. The SMILES string of the molecule is C#Cc1ccc(CN(CC)CC)c(F)c1. The van der Waals surface area contributed by atoms with Gasteiger partial charge < -0.3 is 0 Å². The average Bonchev–Trinajstić information content (AvgIpc) is 2.27. The van der Waals surface area contributed by atoms with Gasteiger partial charge in [0.1, 0.15) is 5.82 Å². The summed E-state index contributed by atoms with van der Waals surface area (Å²) in [6.45, 7) is 6.62. The van der Waals surface area contributed by atoms with Gasteiger partial charge in [-0.25, -0.2) is 4.39 Å². The van der Waals surface area contributed by atoms with E-state index in [1.807, 2.05) is 0 Å². The van der Waals surface area contributed by atoms with Gasteiger partial charge in [0, 0.05) is 17.7 Å². The number of halogens is 1. The molecule has 0 bridgehead atoms. The summed E-state index contributed by atoms with van der Waals surface area (Å²) in [5, 5.41) is 0. The number of hydrogen-bond donors (Lipinski definition) is 0. The van der Waals surface area contributed by atoms with E-state index in [-0.39, 0.29) is 5.82 Å². The molecule has 1 aromatic rings. The molecule has 0 fully saturated rings. The van der Waals surface area contributed by atoms with Gasteiger partial charge in [0.2, 0.25) is 0 Å². The van der Waals surface area contributed by atoms with Crippen molar-refractivity contribution in [1.82, 2.24) is 4.90 Å². The molecule has 1 aromatic carbocycles. The van der Waals surface area contributed by atoms with E-state index in [9.17, 15) is 4.39 Å². The van der Waals surface area contributed by atoms with Gasteiger partial charge in [0.05, 0.1) is 0 Å². The molecule has 80 valence electrons. The normalized spacial score (nSPS) is 10.3. The Bertz CT molecular complexity index is 361. The van der Waals surface area contributed by atoms with Gasteiger partial charge in [-0.3, -0.25) is 4.90 Å². The Morgan fingerprint density at radius 2 is 2.00 bits per heavy atom. The Labute approximate surface area is 90.9 Å². The van der Waals surface area contributed by atoms with Crippen LogP contribution in [0.3, 0.4) is 0 Å². The van der Waals surface area contributed by atoms with Crippen molar-refractivity contribution in [3.8, 4) is 12.3 Å². The molecule has 0 aromatic heterocycles. The van der Waals surface area contributed by atoms with E-state index in [0.29, 0.717) is 17.7 Å². The second kappa shape index (κ2) is 5.53. The van der Waals surface area contributed by atoms with Crippen LogP contribution in [0.15, 0.2) is 18.2 Å². The summed E-state index contributed by atoms with van der Waals surface area (Å²) in [4.78, 5) is 2.16. The zero-order valence-electron chi connectivity index (χ0n) is 9.26. The zero-order valence-corrected chi connectivity index (χ0v) is 9.26. The van der Waals surface area contributed by atoms with Crippen LogP contribution in [0.25, 0.3) is 0 Å². The lowest BCUT2D eigenvalue weighted by Crippen LogP contribution is -2.22. The monoisotopic (exact) mass is 205 g/mol. The molecule has 0 heterocycles. The Kier molecular flexibility index (Phi) is 4.33. The second-order valence-corrected chi connectivity index (χ2v) is 3.41. The third kappa shape index (κ3) is 3.07. The number of terminal acetylenes is 1. The molecule has 0 aliphatic rings. The van der Waals surface area contributed by atoms with Gasteiger partial charge in [-0.15, -0.1) is 6.42 Å². The summed E-state index contributed by atoms with van der Waals surface area (Å²) in [6, 6.07) is 4.96. The largest absolute Gasteiger partial charge is 0.300 e. The van der Waals surface area contributed by atoms with Crippen LogP contribution in [-0.4, -0.2) is 18.0 Å². The zero-order chi connectivity index (χ0) is 11.3. The Balaban J connectivity index is 2.83. The van der Waals surface area contributed by atoms with E-state index < -0.39 is 0 Å². The lowest BCUT2D eigenvalue weighted by molar-refractivity contribution is 0.291. The predicted molar refractivity (Wildman–Crippen MR) is 61.0 cm³/mol. The first-order chi connectivity index (χ1) is 7.21. The minimum atomic E-state index is -0.211. The average molecular weight is 205 g/mol. The molecule has 0 saturated carbocycles. The molecule has 0 radical (unpaired) electrons. The van der Waals surface area contributed by atoms with Crippen molar-refractivity contribution in [2.45, 2.75) is 20.4 Å². The maximum atomic E-state index is 13.5. The minimum Gasteiger partial charge on any atom is -0.300 e. The quantitative estimate of drug-likeness (QED) is 0.683. The van der Waals surface area contributed by atoms with Crippen LogP contribution in [0.2, 0.25) is 0 Å². The fourth-order valence-electron chi connectivity index (χ4n) is 1.45. The molecule has 0 atom stereocenters. The third-order valence-corrected chi connectivity index (χ3v) is 2.51. The molecule has 0 saturated heterocycles. The van der Waals surface area contributed by atoms with E-state index in [2.05, 4.69) is 24.7 Å². The molecule has 1 nitrogen and oxygen atoms in total. The van der Waals surface area contributed by atoms with Crippen molar-refractivity contribution in [3.05, 3.63) is 35.1 Å². The summed E-state index contributed by atoms with van der Waals surface area (Å²) in [5.74, 6) is 2.21. The molecule has 15 heavy (non-hydrogen) atoms. The smallest absolute Gasteiger partial charge is 0.128 e. The van der Waals surface area contributed by atoms with Crippen molar-refractivity contribution in [3.63, 3.8) is 0 Å². The Morgan fingerprint density at radius 3 is 2.47 bits per heavy atom. The summed E-state index contributed by atoms with van der Waals surface area (Å²) in [5.41, 5.74) is 1.30. The second-order valence-electron chi connectivity index (χ2n) is 3.41. The van der Waals surface area contributed by atoms with Crippen LogP contribution in [-0.2, 0) is 6.54 Å². The molecule has 0 spiro atoms. The lowest BCUT2D eigenvalue weighted by Gasteiger charge is -2.18. The van der Waals surface area contributed by atoms with E-state index in [1.165, 1.54) is 6.07 Å². The molecule has 0 amide bonds. The molecular weight excluding hydrogens is 189 g/mol. The highest BCUT2D eigenvalue weighted by Crippen LogP contribution is 2.12. The molecular formula is C13H16FN. The predicted octanol–water partition coefficient (Wildman–Crippen LogP) is 2.65. The topological polar surface area (TPSA) is 3.24 Å². The summed E-state index contributed by atoms with van der Waals surface area (Å²) < 4.78 is 13.5. The fourth-order valence-corrected chi connectivity index (χ4v) is 1.45. The van der Waals surface area contributed by atoms with E-state index in [1.54, 1.807) is 12.1 Å². The van der Waals surface area contributed by atoms with Gasteiger partial charge in [0.25, 0.3) is 0 Å². The third-order valence-electron chi connectivity index (χ3n) is 2.51. The van der Waals surface area contributed by atoms with Gasteiger partial charge in [0.15, 0.2) is 0 Å². The van der Waals surface area contributed by atoms with E-state index in [4.69, 9.17) is 6.42 Å². The molecule has 0 unspecified atom stereocenters. The number of benzene rings is 1. The molecule has 0 aliphatic carbocycles. The molecule has 1 rings (SSSR count). The van der Waals surface area contributed by atoms with Crippen molar-refractivity contribution in [2.24, 2.45) is 0 Å². The highest BCUT2D eigenvalue weighted by atomic mass is 19.1. The summed E-state index contributed by atoms with van der Waals surface area (Å²) >= 11 is 0. The van der Waals surface area contributed by atoms with Crippen LogP contribution >= 0.6 is 0 Å². The van der Waals surface area contributed by atoms with Crippen LogP contribution in [0.4, 0.5) is 4.39 Å². The van der Waals surface area contributed by atoms with Gasteiger partial charge >= 0.3 is 0 Å². The first-order valence-electron chi connectivity index (χ1n) is 5.18. The fraction of sp³-hybridized carbons (Fsp3) is 0.385. The summed E-state index contributed by atoms with van der Waals surface area (Å²) in [6.07, 6.45) is 5.20. The van der Waals surface area contributed by atoms with Crippen molar-refractivity contribution in [2.75, 3.05) is 13.1 Å².